The van der Waals surface area contributed by atoms with Gasteiger partial charge in [-0.15, -0.1) is 0 Å². The van der Waals surface area contributed by atoms with Crippen molar-refractivity contribution in [3.8, 4) is 11.1 Å². The number of Topliss-reactive ketones (excluding diaryl/α,β-unsaturated/α-hetero) is 1. The highest BCUT2D eigenvalue weighted by atomic mass is 16.1. The molecule has 98 valence electrons. The first-order valence-corrected chi connectivity index (χ1v) is 6.91. The van der Waals surface area contributed by atoms with E-state index in [2.05, 4.69) is 42.5 Å². The molecule has 0 heterocycles. The third-order valence-corrected chi connectivity index (χ3v) is 3.63. The van der Waals surface area contributed by atoms with Crippen LogP contribution in [0.1, 0.15) is 23.7 Å². The molecule has 0 aliphatic heterocycles. The van der Waals surface area contributed by atoms with Crippen LogP contribution >= 0.6 is 0 Å². The molecule has 0 bridgehead atoms. The average Bonchev–Trinajstić information content (AvgIpc) is 2.54. The molecule has 0 aromatic heterocycles. The highest BCUT2D eigenvalue weighted by molar-refractivity contribution is 5.99. The van der Waals surface area contributed by atoms with Gasteiger partial charge in [0.25, 0.3) is 0 Å². The number of ketones is 1. The monoisotopic (exact) mass is 260 g/mol. The van der Waals surface area contributed by atoms with Crippen molar-refractivity contribution < 1.29 is 4.79 Å². The molecular formula is C19H16O. The van der Waals surface area contributed by atoms with Crippen molar-refractivity contribution >= 4 is 16.6 Å². The van der Waals surface area contributed by atoms with Gasteiger partial charge in [-0.2, -0.15) is 0 Å². The van der Waals surface area contributed by atoms with E-state index in [9.17, 15) is 4.79 Å². The van der Waals surface area contributed by atoms with E-state index in [1.54, 1.807) is 0 Å². The van der Waals surface area contributed by atoms with Crippen molar-refractivity contribution in [3.63, 3.8) is 0 Å². The smallest absolute Gasteiger partial charge is 0.162 e. The van der Waals surface area contributed by atoms with Gasteiger partial charge in [0.2, 0.25) is 0 Å². The van der Waals surface area contributed by atoms with Crippen molar-refractivity contribution in [3.05, 3.63) is 72.3 Å². The van der Waals surface area contributed by atoms with Crippen molar-refractivity contribution in [2.24, 2.45) is 0 Å². The van der Waals surface area contributed by atoms with Crippen LogP contribution in [0.4, 0.5) is 0 Å². The van der Waals surface area contributed by atoms with Crippen LogP contribution in [0, 0.1) is 0 Å². The molecule has 0 aliphatic carbocycles. The van der Waals surface area contributed by atoms with Gasteiger partial charge >= 0.3 is 0 Å². The summed E-state index contributed by atoms with van der Waals surface area (Å²) in [5.74, 6) is 0.189. The Bertz CT molecular complexity index is 749. The first kappa shape index (κ1) is 12.6. The van der Waals surface area contributed by atoms with Crippen LogP contribution in [-0.2, 0) is 0 Å². The molecule has 0 amide bonds. The number of hydrogen-bond donors (Lipinski definition) is 0. The molecular weight excluding hydrogens is 244 g/mol. The first-order chi connectivity index (χ1) is 9.79. The van der Waals surface area contributed by atoms with Crippen LogP contribution in [0.2, 0.25) is 0 Å². The van der Waals surface area contributed by atoms with E-state index >= 15 is 0 Å². The van der Waals surface area contributed by atoms with Gasteiger partial charge < -0.3 is 0 Å². The molecule has 0 radical (unpaired) electrons. The van der Waals surface area contributed by atoms with Crippen LogP contribution in [0.15, 0.2) is 66.7 Å². The maximum absolute atomic E-state index is 11.7. The predicted molar refractivity (Wildman–Crippen MR) is 84.0 cm³/mol. The predicted octanol–water partition coefficient (Wildman–Crippen LogP) is 5.10. The summed E-state index contributed by atoms with van der Waals surface area (Å²) in [6.45, 7) is 1.89. The Morgan fingerprint density at radius 3 is 2.30 bits per heavy atom. The van der Waals surface area contributed by atoms with Crippen LogP contribution in [0.25, 0.3) is 21.9 Å². The minimum Gasteiger partial charge on any atom is -0.294 e. The third kappa shape index (κ3) is 2.23. The fraction of sp³-hybridized carbons (Fsp3) is 0.105. The summed E-state index contributed by atoms with van der Waals surface area (Å²) in [6.07, 6.45) is 0.549. The van der Waals surface area contributed by atoms with E-state index in [1.165, 1.54) is 16.3 Å². The Morgan fingerprint density at radius 2 is 1.55 bits per heavy atom. The summed E-state index contributed by atoms with van der Waals surface area (Å²) in [4.78, 5) is 11.7. The molecule has 3 aromatic carbocycles. The maximum Gasteiger partial charge on any atom is 0.162 e. The molecule has 0 fully saturated rings. The first-order valence-electron chi connectivity index (χ1n) is 6.91. The normalized spacial score (nSPS) is 10.7. The molecule has 1 heteroatoms. The lowest BCUT2D eigenvalue weighted by Gasteiger charge is -2.07. The van der Waals surface area contributed by atoms with Crippen molar-refractivity contribution in [2.45, 2.75) is 13.3 Å². The molecule has 3 rings (SSSR count). The Kier molecular flexibility index (Phi) is 3.34. The molecule has 3 aromatic rings. The van der Waals surface area contributed by atoms with E-state index in [0.717, 1.165) is 11.1 Å². The topological polar surface area (TPSA) is 17.1 Å². The number of hydrogen-bond acceptors (Lipinski definition) is 1. The highest BCUT2D eigenvalue weighted by Crippen LogP contribution is 2.28. The zero-order chi connectivity index (χ0) is 13.9. The maximum atomic E-state index is 11.7. The SMILES string of the molecule is CCC(=O)c1ccc(-c2cccc3ccccc23)cc1. The largest absolute Gasteiger partial charge is 0.294 e. The Morgan fingerprint density at radius 1 is 0.850 bits per heavy atom. The fourth-order valence-corrected chi connectivity index (χ4v) is 2.52. The van der Waals surface area contributed by atoms with Crippen LogP contribution in [0.5, 0.6) is 0 Å². The van der Waals surface area contributed by atoms with E-state index in [0.29, 0.717) is 6.42 Å². The number of carbonyl (C=O) groups excluding carboxylic acids is 1. The minimum atomic E-state index is 0.189. The van der Waals surface area contributed by atoms with Gasteiger partial charge in [-0.3, -0.25) is 4.79 Å². The Balaban J connectivity index is 2.09. The van der Waals surface area contributed by atoms with E-state index < -0.39 is 0 Å². The van der Waals surface area contributed by atoms with Gasteiger partial charge in [0.15, 0.2) is 5.78 Å². The number of rotatable bonds is 3. The molecule has 1 nitrogen and oxygen atoms in total. The summed E-state index contributed by atoms with van der Waals surface area (Å²) in [5.41, 5.74) is 3.14. The molecule has 0 atom stereocenters. The average molecular weight is 260 g/mol. The zero-order valence-corrected chi connectivity index (χ0v) is 11.5. The van der Waals surface area contributed by atoms with E-state index in [-0.39, 0.29) is 5.78 Å². The standard InChI is InChI=1S/C19H16O/c1-2-19(20)16-12-10-15(11-13-16)18-9-5-7-14-6-3-4-8-17(14)18/h3-13H,2H2,1H3. The van der Waals surface area contributed by atoms with Gasteiger partial charge in [-0.25, -0.2) is 0 Å². The summed E-state index contributed by atoms with van der Waals surface area (Å²) in [7, 11) is 0. The van der Waals surface area contributed by atoms with Gasteiger partial charge in [-0.05, 0) is 21.9 Å². The van der Waals surface area contributed by atoms with Crippen LogP contribution in [0.3, 0.4) is 0 Å². The summed E-state index contributed by atoms with van der Waals surface area (Å²) in [6, 6.07) is 22.6. The van der Waals surface area contributed by atoms with Crippen molar-refractivity contribution in [1.82, 2.24) is 0 Å². The van der Waals surface area contributed by atoms with Crippen molar-refractivity contribution in [1.29, 1.82) is 0 Å². The second-order valence-corrected chi connectivity index (χ2v) is 4.88. The highest BCUT2D eigenvalue weighted by Gasteiger charge is 2.05. The Hall–Kier alpha value is -2.41. The van der Waals surface area contributed by atoms with Gasteiger partial charge in [-0.1, -0.05) is 73.7 Å². The molecule has 0 N–H and O–H groups in total. The van der Waals surface area contributed by atoms with Crippen LogP contribution in [-0.4, -0.2) is 5.78 Å². The van der Waals surface area contributed by atoms with Gasteiger partial charge in [0, 0.05) is 12.0 Å². The number of fused-ring (bicyclic) bond motifs is 1. The number of benzene rings is 3. The fourth-order valence-electron chi connectivity index (χ4n) is 2.52. The lowest BCUT2D eigenvalue weighted by Crippen LogP contribution is -1.95. The summed E-state index contributed by atoms with van der Waals surface area (Å²) >= 11 is 0. The molecule has 0 saturated carbocycles. The minimum absolute atomic E-state index is 0.189. The number of carbonyl (C=O) groups is 1. The van der Waals surface area contributed by atoms with Crippen molar-refractivity contribution in [2.75, 3.05) is 0 Å². The third-order valence-electron chi connectivity index (χ3n) is 3.63. The second-order valence-electron chi connectivity index (χ2n) is 4.88. The molecule has 20 heavy (non-hydrogen) atoms. The zero-order valence-electron chi connectivity index (χ0n) is 11.5. The van der Waals surface area contributed by atoms with Gasteiger partial charge in [0.1, 0.15) is 0 Å². The lowest BCUT2D eigenvalue weighted by atomic mass is 9.97. The summed E-state index contributed by atoms with van der Waals surface area (Å²) < 4.78 is 0. The second kappa shape index (κ2) is 5.30. The van der Waals surface area contributed by atoms with Gasteiger partial charge in [0.05, 0.1) is 0 Å². The van der Waals surface area contributed by atoms with E-state index in [1.807, 2.05) is 31.2 Å². The molecule has 0 unspecified atom stereocenters. The quantitative estimate of drug-likeness (QED) is 0.599. The van der Waals surface area contributed by atoms with E-state index in [4.69, 9.17) is 0 Å². The van der Waals surface area contributed by atoms with Crippen LogP contribution < -0.4 is 0 Å². The Labute approximate surface area is 118 Å². The molecule has 0 aliphatic rings. The molecule has 0 saturated heterocycles. The molecule has 0 spiro atoms. The summed E-state index contributed by atoms with van der Waals surface area (Å²) in [5, 5.41) is 2.48. The lowest BCUT2D eigenvalue weighted by molar-refractivity contribution is 0.0988.